The number of rotatable bonds is 3. The number of urea groups is 1. The lowest BCUT2D eigenvalue weighted by Gasteiger charge is -2.11. The molecule has 1 saturated heterocycles. The zero-order valence-electron chi connectivity index (χ0n) is 13.5. The van der Waals surface area contributed by atoms with Crippen LogP contribution in [0.1, 0.15) is 12.0 Å². The molecule has 0 bridgehead atoms. The summed E-state index contributed by atoms with van der Waals surface area (Å²) in [4.78, 5) is 20.5. The molecule has 2 amide bonds. The minimum absolute atomic E-state index is 0.132. The molecule has 7 nitrogen and oxygen atoms in total. The summed E-state index contributed by atoms with van der Waals surface area (Å²) >= 11 is 0. The Labute approximate surface area is 142 Å². The summed E-state index contributed by atoms with van der Waals surface area (Å²) in [5.41, 5.74) is 1.95. The Bertz CT molecular complexity index is 578. The van der Waals surface area contributed by atoms with Crippen molar-refractivity contribution < 1.29 is 38.3 Å². The highest BCUT2D eigenvalue weighted by Crippen LogP contribution is 2.11. The molecule has 1 heterocycles. The lowest BCUT2D eigenvalue weighted by Crippen LogP contribution is -2.88. The number of hydrogen-bond donors (Lipinski definition) is 4. The van der Waals surface area contributed by atoms with Crippen molar-refractivity contribution in [2.75, 3.05) is 18.5 Å². The number of carboxylic acid groups (broad SMARTS) is 1. The predicted molar refractivity (Wildman–Crippen MR) is 80.5 cm³/mol. The van der Waals surface area contributed by atoms with E-state index in [9.17, 15) is 18.0 Å². The van der Waals surface area contributed by atoms with Gasteiger partial charge in [0.2, 0.25) is 0 Å². The Morgan fingerprint density at radius 2 is 1.88 bits per heavy atom. The smallest absolute Gasteiger partial charge is 0.430 e. The van der Waals surface area contributed by atoms with Gasteiger partial charge in [-0.15, -0.1) is 0 Å². The minimum atomic E-state index is -5.19. The number of nitrogens with two attached hydrogens (primary N) is 1. The highest BCUT2D eigenvalue weighted by Gasteiger charge is 2.29. The van der Waals surface area contributed by atoms with E-state index in [-0.39, 0.29) is 24.7 Å². The summed E-state index contributed by atoms with van der Waals surface area (Å²) in [6.07, 6.45) is -4.38. The van der Waals surface area contributed by atoms with Crippen molar-refractivity contribution in [3.05, 3.63) is 29.8 Å². The van der Waals surface area contributed by atoms with E-state index in [2.05, 4.69) is 16.0 Å². The molecule has 140 valence electrons. The number of aliphatic hydroxyl groups excluding tert-OH is 1. The predicted octanol–water partition coefficient (Wildman–Crippen LogP) is -0.888. The number of aryl methyl sites for hydroxylation is 1. The van der Waals surface area contributed by atoms with Crippen LogP contribution in [-0.4, -0.2) is 48.5 Å². The second kappa shape index (κ2) is 9.23. The number of nitrogens with one attached hydrogen (secondary N) is 2. The van der Waals surface area contributed by atoms with Gasteiger partial charge in [0.05, 0.1) is 19.2 Å². The SMILES string of the molecule is Cc1ccc(NC(=O)N[C@@H]2C[NH2+][C@H](CO)C2)cc1.O=C([O-])C(F)(F)F. The molecule has 1 aliphatic heterocycles. The first-order valence-electron chi connectivity index (χ1n) is 7.48. The maximum absolute atomic E-state index is 11.7. The number of amides is 2. The van der Waals surface area contributed by atoms with Crippen LogP contribution in [0, 0.1) is 6.92 Å². The van der Waals surface area contributed by atoms with E-state index in [1.54, 1.807) is 0 Å². The molecule has 2 atom stereocenters. The molecule has 0 unspecified atom stereocenters. The number of carbonyl (C=O) groups is 2. The largest absolute Gasteiger partial charge is 0.542 e. The quantitative estimate of drug-likeness (QED) is 0.557. The number of carboxylic acids is 1. The van der Waals surface area contributed by atoms with Crippen LogP contribution < -0.4 is 21.1 Å². The Balaban J connectivity index is 0.000000381. The minimum Gasteiger partial charge on any atom is -0.542 e. The topological polar surface area (TPSA) is 118 Å². The van der Waals surface area contributed by atoms with Gasteiger partial charge in [0.25, 0.3) is 0 Å². The van der Waals surface area contributed by atoms with Gasteiger partial charge in [-0.3, -0.25) is 0 Å². The standard InChI is InChI=1S/C13H19N3O2.C2HF3O2/c1-9-2-4-10(5-3-9)15-13(18)16-11-6-12(8-17)14-7-11;3-2(4,5)1(6)7/h2-5,11-12,14,17H,6-8H2,1H3,(H2,15,16,18);(H,6,7)/t11-,12-;/m0./s1. The second-order valence-electron chi connectivity index (χ2n) is 5.60. The van der Waals surface area contributed by atoms with E-state index >= 15 is 0 Å². The third-order valence-corrected chi connectivity index (χ3v) is 3.45. The van der Waals surface area contributed by atoms with Crippen LogP contribution in [0.25, 0.3) is 0 Å². The highest BCUT2D eigenvalue weighted by molar-refractivity contribution is 5.89. The van der Waals surface area contributed by atoms with Gasteiger partial charge in [-0.2, -0.15) is 13.2 Å². The van der Waals surface area contributed by atoms with Crippen LogP contribution in [-0.2, 0) is 4.79 Å². The van der Waals surface area contributed by atoms with Crippen molar-refractivity contribution in [2.24, 2.45) is 0 Å². The van der Waals surface area contributed by atoms with Gasteiger partial charge in [-0.1, -0.05) is 17.7 Å². The lowest BCUT2D eigenvalue weighted by molar-refractivity contribution is -0.672. The molecule has 0 aliphatic carbocycles. The molecule has 0 spiro atoms. The molecule has 0 radical (unpaired) electrons. The van der Waals surface area contributed by atoms with Gasteiger partial charge in [0.15, 0.2) is 0 Å². The Hall–Kier alpha value is -2.33. The number of benzene rings is 1. The van der Waals surface area contributed by atoms with Gasteiger partial charge < -0.3 is 31.0 Å². The second-order valence-corrected chi connectivity index (χ2v) is 5.60. The van der Waals surface area contributed by atoms with Gasteiger partial charge >= 0.3 is 12.2 Å². The molecule has 5 N–H and O–H groups in total. The summed E-state index contributed by atoms with van der Waals surface area (Å²) in [6, 6.07) is 7.85. The third kappa shape index (κ3) is 7.86. The van der Waals surface area contributed by atoms with Crippen LogP contribution in [0.3, 0.4) is 0 Å². The maximum atomic E-state index is 11.7. The van der Waals surface area contributed by atoms with Gasteiger partial charge in [-0.25, -0.2) is 4.79 Å². The van der Waals surface area contributed by atoms with E-state index in [1.807, 2.05) is 31.2 Å². The van der Waals surface area contributed by atoms with Gasteiger partial charge in [0, 0.05) is 12.1 Å². The van der Waals surface area contributed by atoms with Crippen molar-refractivity contribution in [3.63, 3.8) is 0 Å². The average Bonchev–Trinajstić information content (AvgIpc) is 2.96. The van der Waals surface area contributed by atoms with Crippen LogP contribution in [0.5, 0.6) is 0 Å². The lowest BCUT2D eigenvalue weighted by atomic mass is 10.2. The van der Waals surface area contributed by atoms with E-state index in [0.29, 0.717) is 0 Å². The first-order valence-corrected chi connectivity index (χ1v) is 7.48. The van der Waals surface area contributed by atoms with Gasteiger partial charge in [0.1, 0.15) is 12.0 Å². The van der Waals surface area contributed by atoms with Crippen molar-refractivity contribution in [1.82, 2.24) is 5.32 Å². The number of carbonyl (C=O) groups excluding carboxylic acids is 2. The fourth-order valence-corrected chi connectivity index (χ4v) is 2.17. The summed E-state index contributed by atoms with van der Waals surface area (Å²) in [5.74, 6) is -3.01. The van der Waals surface area contributed by atoms with E-state index in [0.717, 1.165) is 24.2 Å². The number of aliphatic hydroxyl groups is 1. The number of aliphatic carboxylic acids is 1. The maximum Gasteiger partial charge on any atom is 0.430 e. The molecule has 1 aliphatic rings. The van der Waals surface area contributed by atoms with E-state index < -0.39 is 12.1 Å². The fourth-order valence-electron chi connectivity index (χ4n) is 2.17. The Morgan fingerprint density at radius 3 is 2.32 bits per heavy atom. The number of alkyl halides is 3. The third-order valence-electron chi connectivity index (χ3n) is 3.45. The molecular formula is C15H20F3N3O4. The first kappa shape index (κ1) is 20.7. The zero-order valence-corrected chi connectivity index (χ0v) is 13.5. The number of quaternary nitrogens is 1. The molecule has 0 saturated carbocycles. The number of anilines is 1. The molecule has 1 aromatic carbocycles. The molecule has 2 rings (SSSR count). The summed E-state index contributed by atoms with van der Waals surface area (Å²) < 4.78 is 31.5. The molecule has 10 heteroatoms. The summed E-state index contributed by atoms with van der Waals surface area (Å²) in [6.45, 7) is 3.00. The van der Waals surface area contributed by atoms with Crippen molar-refractivity contribution >= 4 is 17.7 Å². The van der Waals surface area contributed by atoms with Crippen LogP contribution >= 0.6 is 0 Å². The van der Waals surface area contributed by atoms with Crippen molar-refractivity contribution in [2.45, 2.75) is 31.6 Å². The Morgan fingerprint density at radius 1 is 1.32 bits per heavy atom. The van der Waals surface area contributed by atoms with Crippen LogP contribution in [0.15, 0.2) is 24.3 Å². The average molecular weight is 363 g/mol. The molecule has 1 fully saturated rings. The monoisotopic (exact) mass is 363 g/mol. The van der Waals surface area contributed by atoms with E-state index in [1.165, 1.54) is 0 Å². The normalized spacial score (nSPS) is 19.6. The van der Waals surface area contributed by atoms with E-state index in [4.69, 9.17) is 15.0 Å². The highest BCUT2D eigenvalue weighted by atomic mass is 19.4. The Kier molecular flexibility index (Phi) is 7.65. The molecule has 25 heavy (non-hydrogen) atoms. The number of halogens is 3. The van der Waals surface area contributed by atoms with Crippen molar-refractivity contribution in [3.8, 4) is 0 Å². The fraction of sp³-hybridized carbons (Fsp3) is 0.467. The van der Waals surface area contributed by atoms with Gasteiger partial charge in [-0.05, 0) is 19.1 Å². The first-order chi connectivity index (χ1) is 11.6. The summed E-state index contributed by atoms with van der Waals surface area (Å²) in [7, 11) is 0. The zero-order chi connectivity index (χ0) is 19.0. The molecule has 1 aromatic rings. The molecule has 0 aromatic heterocycles. The number of hydrogen-bond acceptors (Lipinski definition) is 4. The van der Waals surface area contributed by atoms with Crippen LogP contribution in [0.4, 0.5) is 23.7 Å². The summed E-state index contributed by atoms with van der Waals surface area (Å²) in [5, 5.41) is 25.6. The molecular weight excluding hydrogens is 343 g/mol. The van der Waals surface area contributed by atoms with Crippen molar-refractivity contribution in [1.29, 1.82) is 0 Å². The van der Waals surface area contributed by atoms with Crippen LogP contribution in [0.2, 0.25) is 0 Å².